The summed E-state index contributed by atoms with van der Waals surface area (Å²) in [7, 11) is 0. The van der Waals surface area contributed by atoms with Gasteiger partial charge in [-0.1, -0.05) is 24.3 Å². The largest absolute Gasteiger partial charge is 0.368 e. The first-order chi connectivity index (χ1) is 9.54. The number of hydrogen-bond donors (Lipinski definition) is 3. The van der Waals surface area contributed by atoms with Crippen molar-refractivity contribution < 1.29 is 14.4 Å². The number of nitrogens with one attached hydrogen (secondary N) is 2. The van der Waals surface area contributed by atoms with Gasteiger partial charge in [0.25, 0.3) is 5.91 Å². The van der Waals surface area contributed by atoms with E-state index in [1.54, 1.807) is 30.3 Å². The summed E-state index contributed by atoms with van der Waals surface area (Å²) in [6.45, 7) is 3.25. The van der Waals surface area contributed by atoms with Gasteiger partial charge in [0.1, 0.15) is 6.04 Å². The lowest BCUT2D eigenvalue weighted by molar-refractivity contribution is -0.126. The number of nitrogens with two attached hydrogens (primary N) is 1. The average molecular weight is 275 g/mol. The standard InChI is InChI=1S/C14H17N3O3/c1-2-6-11(13(15)19)17-12(18)9-16-14(20)10-7-4-3-5-8-10/h2-5,7-8,11H,1,6,9H2,(H2,15,19)(H,16,20)(H,17,18)/t11-/m0/s1. The molecule has 0 radical (unpaired) electrons. The fourth-order valence-corrected chi connectivity index (χ4v) is 1.51. The van der Waals surface area contributed by atoms with E-state index in [-0.39, 0.29) is 18.9 Å². The van der Waals surface area contributed by atoms with Gasteiger partial charge in [0.05, 0.1) is 6.54 Å². The third-order valence-corrected chi connectivity index (χ3v) is 2.53. The minimum absolute atomic E-state index is 0.228. The highest BCUT2D eigenvalue weighted by Gasteiger charge is 2.16. The van der Waals surface area contributed by atoms with Gasteiger partial charge in [-0.05, 0) is 18.6 Å². The van der Waals surface area contributed by atoms with Gasteiger partial charge < -0.3 is 16.4 Å². The van der Waals surface area contributed by atoms with Gasteiger partial charge in [0.2, 0.25) is 11.8 Å². The van der Waals surface area contributed by atoms with Gasteiger partial charge in [-0.25, -0.2) is 0 Å². The van der Waals surface area contributed by atoms with Crippen LogP contribution in [0.1, 0.15) is 16.8 Å². The zero-order valence-corrected chi connectivity index (χ0v) is 11.0. The van der Waals surface area contributed by atoms with E-state index in [9.17, 15) is 14.4 Å². The van der Waals surface area contributed by atoms with Crippen molar-refractivity contribution in [3.8, 4) is 0 Å². The predicted molar refractivity (Wildman–Crippen MR) is 74.7 cm³/mol. The van der Waals surface area contributed by atoms with Crippen molar-refractivity contribution >= 4 is 17.7 Å². The van der Waals surface area contributed by atoms with Crippen molar-refractivity contribution in [1.29, 1.82) is 0 Å². The Bertz CT molecular complexity index is 500. The van der Waals surface area contributed by atoms with E-state index in [0.29, 0.717) is 5.56 Å². The molecule has 4 N–H and O–H groups in total. The molecule has 0 aliphatic heterocycles. The summed E-state index contributed by atoms with van der Waals surface area (Å²) in [6, 6.07) is 7.70. The number of hydrogen-bond acceptors (Lipinski definition) is 3. The Morgan fingerprint density at radius 2 is 1.90 bits per heavy atom. The molecule has 0 saturated carbocycles. The molecule has 1 atom stereocenters. The Balaban J connectivity index is 2.45. The second-order valence-corrected chi connectivity index (χ2v) is 4.10. The molecule has 0 heterocycles. The van der Waals surface area contributed by atoms with E-state index in [0.717, 1.165) is 0 Å². The number of carbonyl (C=O) groups excluding carboxylic acids is 3. The monoisotopic (exact) mass is 275 g/mol. The van der Waals surface area contributed by atoms with Crippen molar-refractivity contribution in [3.63, 3.8) is 0 Å². The SMILES string of the molecule is C=CC[C@H](NC(=O)CNC(=O)c1ccccc1)C(N)=O. The third-order valence-electron chi connectivity index (χ3n) is 2.53. The number of primary amides is 1. The lowest BCUT2D eigenvalue weighted by Crippen LogP contribution is -2.47. The summed E-state index contributed by atoms with van der Waals surface area (Å²) < 4.78 is 0. The molecule has 1 rings (SSSR count). The third kappa shape index (κ3) is 4.93. The molecular formula is C14H17N3O3. The summed E-state index contributed by atoms with van der Waals surface area (Å²) in [5, 5.41) is 4.88. The minimum Gasteiger partial charge on any atom is -0.368 e. The molecule has 0 aliphatic rings. The first-order valence-corrected chi connectivity index (χ1v) is 6.07. The molecule has 0 aliphatic carbocycles. The van der Waals surface area contributed by atoms with Crippen molar-refractivity contribution in [1.82, 2.24) is 10.6 Å². The van der Waals surface area contributed by atoms with E-state index >= 15 is 0 Å². The lowest BCUT2D eigenvalue weighted by atomic mass is 10.2. The first-order valence-electron chi connectivity index (χ1n) is 6.07. The number of rotatable bonds is 7. The molecule has 106 valence electrons. The Kier molecular flexibility index (Phi) is 5.96. The van der Waals surface area contributed by atoms with Crippen molar-refractivity contribution in [3.05, 3.63) is 48.6 Å². The fourth-order valence-electron chi connectivity index (χ4n) is 1.51. The van der Waals surface area contributed by atoms with Crippen LogP contribution in [0.4, 0.5) is 0 Å². The van der Waals surface area contributed by atoms with Gasteiger partial charge in [0, 0.05) is 5.56 Å². The molecule has 0 fully saturated rings. The Morgan fingerprint density at radius 1 is 1.25 bits per heavy atom. The summed E-state index contributed by atoms with van der Waals surface area (Å²) >= 11 is 0. The van der Waals surface area contributed by atoms with Crippen molar-refractivity contribution in [2.75, 3.05) is 6.54 Å². The van der Waals surface area contributed by atoms with E-state index in [2.05, 4.69) is 17.2 Å². The maximum atomic E-state index is 11.7. The van der Waals surface area contributed by atoms with Crippen molar-refractivity contribution in [2.45, 2.75) is 12.5 Å². The highest BCUT2D eigenvalue weighted by molar-refractivity contribution is 5.97. The molecule has 1 aromatic carbocycles. The smallest absolute Gasteiger partial charge is 0.251 e. The molecule has 20 heavy (non-hydrogen) atoms. The first kappa shape index (κ1) is 15.4. The maximum Gasteiger partial charge on any atom is 0.251 e. The Morgan fingerprint density at radius 3 is 2.45 bits per heavy atom. The van der Waals surface area contributed by atoms with Crippen molar-refractivity contribution in [2.24, 2.45) is 5.73 Å². The number of benzene rings is 1. The predicted octanol–water partition coefficient (Wildman–Crippen LogP) is -0.0374. The van der Waals surface area contributed by atoms with Gasteiger partial charge >= 0.3 is 0 Å². The number of carbonyl (C=O) groups is 3. The highest BCUT2D eigenvalue weighted by atomic mass is 16.2. The minimum atomic E-state index is -0.811. The van der Waals surface area contributed by atoms with Crippen LogP contribution >= 0.6 is 0 Å². The molecular weight excluding hydrogens is 258 g/mol. The summed E-state index contributed by atoms with van der Waals surface area (Å²) in [5.74, 6) is -1.49. The fraction of sp³-hybridized carbons (Fsp3) is 0.214. The van der Waals surface area contributed by atoms with Gasteiger partial charge in [-0.2, -0.15) is 0 Å². The molecule has 0 bridgehead atoms. The second-order valence-electron chi connectivity index (χ2n) is 4.10. The summed E-state index contributed by atoms with van der Waals surface area (Å²) in [6.07, 6.45) is 1.73. The van der Waals surface area contributed by atoms with E-state index in [1.165, 1.54) is 6.08 Å². The lowest BCUT2D eigenvalue weighted by Gasteiger charge is -2.13. The Hall–Kier alpha value is -2.63. The molecule has 1 aromatic rings. The molecule has 0 saturated heterocycles. The molecule has 0 spiro atoms. The van der Waals surface area contributed by atoms with Crippen LogP contribution in [0.25, 0.3) is 0 Å². The van der Waals surface area contributed by atoms with Crippen LogP contribution in [-0.2, 0) is 9.59 Å². The zero-order chi connectivity index (χ0) is 15.0. The van der Waals surface area contributed by atoms with E-state index in [1.807, 2.05) is 0 Å². The topological polar surface area (TPSA) is 101 Å². The summed E-state index contributed by atoms with van der Waals surface area (Å²) in [4.78, 5) is 34.4. The van der Waals surface area contributed by atoms with Crippen LogP contribution in [0.2, 0.25) is 0 Å². The number of amides is 3. The molecule has 6 heteroatoms. The summed E-state index contributed by atoms with van der Waals surface area (Å²) in [5.41, 5.74) is 5.59. The zero-order valence-electron chi connectivity index (χ0n) is 11.0. The highest BCUT2D eigenvalue weighted by Crippen LogP contribution is 1.97. The molecule has 0 unspecified atom stereocenters. The average Bonchev–Trinajstić information content (AvgIpc) is 2.45. The maximum absolute atomic E-state index is 11.7. The van der Waals surface area contributed by atoms with E-state index < -0.39 is 17.9 Å². The Labute approximate surface area is 117 Å². The second kappa shape index (κ2) is 7.73. The normalized spacial score (nSPS) is 11.2. The van der Waals surface area contributed by atoms with Gasteiger partial charge in [-0.15, -0.1) is 6.58 Å². The van der Waals surface area contributed by atoms with E-state index in [4.69, 9.17) is 5.73 Å². The van der Waals surface area contributed by atoms with Crippen LogP contribution < -0.4 is 16.4 Å². The van der Waals surface area contributed by atoms with Gasteiger partial charge in [0.15, 0.2) is 0 Å². The van der Waals surface area contributed by atoms with Gasteiger partial charge in [-0.3, -0.25) is 14.4 Å². The van der Waals surface area contributed by atoms with Crippen LogP contribution in [0.3, 0.4) is 0 Å². The van der Waals surface area contributed by atoms with Crippen LogP contribution in [-0.4, -0.2) is 30.3 Å². The van der Waals surface area contributed by atoms with Crippen LogP contribution in [0.5, 0.6) is 0 Å². The van der Waals surface area contributed by atoms with Crippen LogP contribution in [0.15, 0.2) is 43.0 Å². The molecule has 0 aromatic heterocycles. The van der Waals surface area contributed by atoms with Crippen LogP contribution in [0, 0.1) is 0 Å². The molecule has 6 nitrogen and oxygen atoms in total. The quantitative estimate of drug-likeness (QED) is 0.609. The molecule has 3 amide bonds.